The molecule has 0 amide bonds. The lowest BCUT2D eigenvalue weighted by atomic mass is 9.80. The van der Waals surface area contributed by atoms with Gasteiger partial charge in [-0.25, -0.2) is 19.6 Å². The first-order valence-electron chi connectivity index (χ1n) is 26.9. The van der Waals surface area contributed by atoms with Gasteiger partial charge in [-0.3, -0.25) is 9.80 Å². The molecule has 4 fully saturated rings. The zero-order valence-electron chi connectivity index (χ0n) is 43.1. The lowest BCUT2D eigenvalue weighted by Crippen LogP contribution is -2.37. The van der Waals surface area contributed by atoms with Crippen LogP contribution < -0.4 is 9.47 Å². The first-order chi connectivity index (χ1) is 37.2. The molecule has 2 atom stereocenters. The summed E-state index contributed by atoms with van der Waals surface area (Å²) in [7, 11) is 2.78. The van der Waals surface area contributed by atoms with Crippen LogP contribution in [0.5, 0.6) is 23.0 Å². The fourth-order valence-corrected chi connectivity index (χ4v) is 13.1. The number of methoxy groups -OCH3 is 2. The summed E-state index contributed by atoms with van der Waals surface area (Å²) in [5.41, 5.74) is 7.36. The van der Waals surface area contributed by atoms with Gasteiger partial charge < -0.3 is 28.9 Å². The molecule has 0 spiro atoms. The van der Waals surface area contributed by atoms with Crippen LogP contribution in [0.2, 0.25) is 10.0 Å². The van der Waals surface area contributed by atoms with Crippen LogP contribution in [0.15, 0.2) is 134 Å². The van der Waals surface area contributed by atoms with Crippen LogP contribution in [0.1, 0.15) is 144 Å². The minimum absolute atomic E-state index is 0.411. The molecule has 4 aromatic carbocycles. The summed E-state index contributed by atoms with van der Waals surface area (Å²) in [6.45, 7) is 2.27. The number of fused-ring (bicyclic) bond motifs is 2. The molecule has 392 valence electrons. The number of H-pyrrole nitrogens is 2. The van der Waals surface area contributed by atoms with Crippen molar-refractivity contribution in [1.82, 2.24) is 29.7 Å². The summed E-state index contributed by atoms with van der Waals surface area (Å²) in [5, 5.41) is 3.66. The van der Waals surface area contributed by atoms with Crippen LogP contribution in [0.3, 0.4) is 0 Å². The zero-order chi connectivity index (χ0) is 52.1. The minimum atomic E-state index is -0.411. The maximum absolute atomic E-state index is 12.5. The zero-order valence-corrected chi connectivity index (χ0v) is 44.6. The molecule has 2 saturated carbocycles. The monoisotopic (exact) mass is 1060 g/mol. The molecule has 0 radical (unpaired) electrons. The second-order valence-corrected chi connectivity index (χ2v) is 21.5. The molecule has 8 aromatic rings. The summed E-state index contributed by atoms with van der Waals surface area (Å²) in [4.78, 5) is 45.4. The van der Waals surface area contributed by atoms with Crippen LogP contribution in [0.25, 0.3) is 22.1 Å². The van der Waals surface area contributed by atoms with Crippen LogP contribution >= 0.6 is 23.2 Å². The van der Waals surface area contributed by atoms with Gasteiger partial charge in [0.1, 0.15) is 45.4 Å². The Morgan fingerprint density at radius 3 is 1.36 bits per heavy atom. The molecule has 0 bridgehead atoms. The lowest BCUT2D eigenvalue weighted by molar-refractivity contribution is 0.0588. The van der Waals surface area contributed by atoms with Crippen LogP contribution in [0.4, 0.5) is 0 Å². The average Bonchev–Trinajstić information content (AvgIpc) is 4.33. The first kappa shape index (κ1) is 51.4. The Morgan fingerprint density at radius 1 is 0.526 bits per heavy atom. The van der Waals surface area contributed by atoms with Crippen LogP contribution in [-0.2, 0) is 9.47 Å². The third-order valence-corrected chi connectivity index (χ3v) is 17.1. The van der Waals surface area contributed by atoms with E-state index in [1.165, 1.54) is 62.2 Å². The molecule has 2 unspecified atom stereocenters. The highest BCUT2D eigenvalue weighted by Crippen LogP contribution is 2.46. The van der Waals surface area contributed by atoms with Crippen molar-refractivity contribution < 1.29 is 28.5 Å². The van der Waals surface area contributed by atoms with Crippen LogP contribution in [0, 0.1) is 0 Å². The molecule has 2 N–H and O–H groups in total. The molecular weight excluding hydrogens is 996 g/mol. The van der Waals surface area contributed by atoms with E-state index in [2.05, 4.69) is 66.1 Å². The van der Waals surface area contributed by atoms with Gasteiger partial charge in [-0.05, 0) is 185 Å². The van der Waals surface area contributed by atoms with E-state index in [-0.39, 0.29) is 0 Å². The maximum Gasteiger partial charge on any atom is 0.341 e. The van der Waals surface area contributed by atoms with Crippen molar-refractivity contribution in [3.63, 3.8) is 0 Å². The maximum atomic E-state index is 12.5. The molecule has 76 heavy (non-hydrogen) atoms. The molecule has 2 saturated heterocycles. The Bertz CT molecular complexity index is 3110. The van der Waals surface area contributed by atoms with Gasteiger partial charge in [0.25, 0.3) is 0 Å². The smallest absolute Gasteiger partial charge is 0.341 e. The molecule has 12 rings (SSSR count). The van der Waals surface area contributed by atoms with E-state index < -0.39 is 11.9 Å². The summed E-state index contributed by atoms with van der Waals surface area (Å²) in [6.07, 6.45) is 20.8. The number of carbonyl (C=O) groups excluding carboxylic acids is 2. The largest absolute Gasteiger partial charge is 0.465 e. The minimum Gasteiger partial charge on any atom is -0.465 e. The van der Waals surface area contributed by atoms with Crippen LogP contribution in [-0.4, -0.2) is 81.1 Å². The van der Waals surface area contributed by atoms with Gasteiger partial charge in [0.2, 0.25) is 0 Å². The topological polar surface area (TPSA) is 135 Å². The van der Waals surface area contributed by atoms with E-state index in [1.807, 2.05) is 85.2 Å². The van der Waals surface area contributed by atoms with E-state index in [0.29, 0.717) is 70.1 Å². The van der Waals surface area contributed by atoms with Gasteiger partial charge in [-0.1, -0.05) is 71.7 Å². The average molecular weight is 1060 g/mol. The Hall–Kier alpha value is -6.70. The Kier molecular flexibility index (Phi) is 15.7. The number of nitrogens with one attached hydrogen (secondary N) is 2. The quantitative estimate of drug-likeness (QED) is 0.114. The fourth-order valence-electron chi connectivity index (χ4n) is 12.6. The number of aromatic amines is 2. The Morgan fingerprint density at radius 2 is 0.947 bits per heavy atom. The van der Waals surface area contributed by atoms with Crippen molar-refractivity contribution in [3.05, 3.63) is 177 Å². The van der Waals surface area contributed by atoms with Gasteiger partial charge in [-0.15, -0.1) is 0 Å². The van der Waals surface area contributed by atoms with Crippen molar-refractivity contribution in [1.29, 1.82) is 0 Å². The number of aromatic nitrogens is 4. The highest BCUT2D eigenvalue weighted by molar-refractivity contribution is 6.31. The molecule has 2 aliphatic carbocycles. The number of nitrogens with zero attached hydrogens (tertiary/aromatic N) is 4. The summed E-state index contributed by atoms with van der Waals surface area (Å²) in [6, 6.07) is 38.1. The van der Waals surface area contributed by atoms with Gasteiger partial charge >= 0.3 is 11.9 Å². The molecule has 12 nitrogen and oxygen atoms in total. The number of halogens is 2. The van der Waals surface area contributed by atoms with Crippen molar-refractivity contribution in [2.75, 3.05) is 27.3 Å². The number of rotatable bonds is 12. The molecule has 4 aliphatic rings. The predicted octanol–water partition coefficient (Wildman–Crippen LogP) is 15.3. The number of esters is 2. The van der Waals surface area contributed by atoms with Crippen molar-refractivity contribution in [2.24, 2.45) is 0 Å². The standard InChI is InChI=1S/2C31H32ClN3O3/c2*1-37-31(36)26-13-10-21(18-29(26)38-24-17-22-14-15-33-30(22)34-19-24)20-8-11-23(12-9-20)35-16-4-7-28(35)25-5-2-3-6-27(25)32/h2*2-3,5-6,10,13-15,17-20,23,28H,4,7-9,11-12,16H2,1H3,(H,33,34). The second-order valence-electron chi connectivity index (χ2n) is 20.7. The summed E-state index contributed by atoms with van der Waals surface area (Å²) < 4.78 is 22.5. The SMILES string of the molecule is COC(=O)c1ccc(C2CCC(N3CCCC3c3ccccc3Cl)CC2)cc1Oc1cnc2[nH]ccc2c1.COC(=O)c1ccc(C2CCC(N3CCCC3c3ccccc3Cl)CC2)cc1Oc1cnc2[nH]ccc2c1. The highest BCUT2D eigenvalue weighted by atomic mass is 35.5. The predicted molar refractivity (Wildman–Crippen MR) is 298 cm³/mol. The number of carbonyl (C=O) groups is 2. The summed E-state index contributed by atoms with van der Waals surface area (Å²) >= 11 is 13.2. The third kappa shape index (κ3) is 11.1. The highest BCUT2D eigenvalue weighted by Gasteiger charge is 2.37. The Balaban J connectivity index is 0.000000162. The number of benzene rings is 4. The fraction of sp³-hybridized carbons (Fsp3) is 0.355. The molecule has 14 heteroatoms. The van der Waals surface area contributed by atoms with Crippen molar-refractivity contribution >= 4 is 57.2 Å². The summed E-state index contributed by atoms with van der Waals surface area (Å²) in [5.74, 6) is 2.21. The van der Waals surface area contributed by atoms with E-state index in [4.69, 9.17) is 42.1 Å². The van der Waals surface area contributed by atoms with E-state index in [9.17, 15) is 9.59 Å². The second kappa shape index (κ2) is 23.3. The van der Waals surface area contributed by atoms with E-state index in [0.717, 1.165) is 96.6 Å². The number of hydrogen-bond donors (Lipinski definition) is 2. The number of likely N-dealkylation sites (tertiary alicyclic amines) is 2. The number of pyridine rings is 2. The van der Waals surface area contributed by atoms with Crippen molar-refractivity contribution in [3.8, 4) is 23.0 Å². The number of ether oxygens (including phenoxy) is 4. The van der Waals surface area contributed by atoms with Gasteiger partial charge in [0.15, 0.2) is 0 Å². The molecule has 6 heterocycles. The van der Waals surface area contributed by atoms with Gasteiger partial charge in [0, 0.05) is 57.4 Å². The van der Waals surface area contributed by atoms with Crippen molar-refractivity contribution in [2.45, 2.75) is 113 Å². The normalized spacial score (nSPS) is 22.0. The lowest BCUT2D eigenvalue weighted by Gasteiger charge is -2.38. The number of hydrogen-bond acceptors (Lipinski definition) is 10. The Labute approximate surface area is 454 Å². The molecular formula is C62H64Cl2N6O6. The van der Waals surface area contributed by atoms with Gasteiger partial charge in [0.05, 0.1) is 26.6 Å². The molecule has 4 aromatic heterocycles. The van der Waals surface area contributed by atoms with E-state index >= 15 is 0 Å². The molecule has 2 aliphatic heterocycles. The first-order valence-corrected chi connectivity index (χ1v) is 27.6. The third-order valence-electron chi connectivity index (χ3n) is 16.4. The van der Waals surface area contributed by atoms with E-state index in [1.54, 1.807) is 12.4 Å². The van der Waals surface area contributed by atoms with Gasteiger partial charge in [-0.2, -0.15) is 0 Å².